The molecule has 0 aromatic heterocycles. The number of carbonyl (C=O) groups excluding carboxylic acids is 2. The van der Waals surface area contributed by atoms with E-state index in [-0.39, 0.29) is 18.7 Å². The van der Waals surface area contributed by atoms with Crippen LogP contribution in [0.5, 0.6) is 11.5 Å². The van der Waals surface area contributed by atoms with Crippen LogP contribution in [0.3, 0.4) is 0 Å². The third-order valence-electron chi connectivity index (χ3n) is 4.88. The summed E-state index contributed by atoms with van der Waals surface area (Å²) in [5.41, 5.74) is 0.521. The van der Waals surface area contributed by atoms with Gasteiger partial charge >= 0.3 is 12.1 Å². The fourth-order valence-electron chi connectivity index (χ4n) is 3.29. The van der Waals surface area contributed by atoms with Crippen molar-refractivity contribution in [1.82, 2.24) is 10.2 Å². The van der Waals surface area contributed by atoms with Gasteiger partial charge in [-0.2, -0.15) is 0 Å². The number of carbonyl (C=O) groups is 3. The van der Waals surface area contributed by atoms with Gasteiger partial charge in [0.2, 0.25) is 5.91 Å². The number of alkyl carbamates (subject to hydrolysis) is 1. The minimum Gasteiger partial charge on any atom is -0.497 e. The first-order valence-electron chi connectivity index (χ1n) is 10.8. The number of nitrogens with zero attached hydrogens (tertiary/aromatic N) is 1. The molecule has 0 spiro atoms. The second-order valence-electron chi connectivity index (χ2n) is 8.70. The van der Waals surface area contributed by atoms with Crippen molar-refractivity contribution >= 4 is 18.0 Å². The highest BCUT2D eigenvalue weighted by Crippen LogP contribution is 2.27. The normalized spacial score (nSPS) is 11.8. The minimum absolute atomic E-state index is 0.0107. The average molecular weight is 473 g/mol. The smallest absolute Gasteiger partial charge is 0.408 e. The molecule has 0 radical (unpaired) electrons. The number of methoxy groups -OCH3 is 2. The largest absolute Gasteiger partial charge is 0.497 e. The lowest BCUT2D eigenvalue weighted by Gasteiger charge is -2.28. The number of aromatic carboxylic acids is 1. The maximum Gasteiger partial charge on any atom is 0.408 e. The van der Waals surface area contributed by atoms with Gasteiger partial charge in [-0.1, -0.05) is 18.2 Å². The standard InChI is InChI=1S/C25H32N2O7/c1-16(26-24(31)34-25(2,3)4)22(28)27(14-17-9-7-8-10-20(17)23(29)30)15-18-11-12-19(32-5)13-21(18)33-6/h7-13,16H,14-15H2,1-6H3,(H,26,31)(H,29,30)/t16-/m0/s1. The summed E-state index contributed by atoms with van der Waals surface area (Å²) in [5.74, 6) is -0.403. The molecule has 1 atom stereocenters. The van der Waals surface area contributed by atoms with Crippen molar-refractivity contribution < 1.29 is 33.7 Å². The number of benzene rings is 2. The number of amides is 2. The highest BCUT2D eigenvalue weighted by atomic mass is 16.6. The van der Waals surface area contributed by atoms with E-state index in [0.29, 0.717) is 22.6 Å². The zero-order valence-corrected chi connectivity index (χ0v) is 20.4. The van der Waals surface area contributed by atoms with Gasteiger partial charge in [0.1, 0.15) is 23.1 Å². The van der Waals surface area contributed by atoms with Gasteiger partial charge < -0.3 is 29.5 Å². The van der Waals surface area contributed by atoms with E-state index in [9.17, 15) is 19.5 Å². The van der Waals surface area contributed by atoms with Crippen LogP contribution in [0.2, 0.25) is 0 Å². The van der Waals surface area contributed by atoms with Gasteiger partial charge in [-0.15, -0.1) is 0 Å². The molecule has 2 N–H and O–H groups in total. The number of hydrogen-bond acceptors (Lipinski definition) is 6. The van der Waals surface area contributed by atoms with Crippen molar-refractivity contribution in [3.8, 4) is 11.5 Å². The van der Waals surface area contributed by atoms with E-state index in [2.05, 4.69) is 5.32 Å². The van der Waals surface area contributed by atoms with Gasteiger partial charge in [-0.3, -0.25) is 4.79 Å². The first-order chi connectivity index (χ1) is 15.9. The molecule has 9 heteroatoms. The molecule has 0 aliphatic heterocycles. The van der Waals surface area contributed by atoms with Crippen molar-refractivity contribution in [2.75, 3.05) is 14.2 Å². The molecular formula is C25H32N2O7. The van der Waals surface area contributed by atoms with Gasteiger partial charge in [0.25, 0.3) is 0 Å². The molecule has 2 amide bonds. The van der Waals surface area contributed by atoms with Gasteiger partial charge in [-0.05, 0) is 51.5 Å². The molecule has 0 saturated heterocycles. The Balaban J connectivity index is 2.37. The quantitative estimate of drug-likeness (QED) is 0.570. The summed E-state index contributed by atoms with van der Waals surface area (Å²) >= 11 is 0. The van der Waals surface area contributed by atoms with Crippen LogP contribution in [0, 0.1) is 0 Å². The SMILES string of the molecule is COc1ccc(CN(Cc2ccccc2C(=O)O)C(=O)[C@H](C)NC(=O)OC(C)(C)C)c(OC)c1. The lowest BCUT2D eigenvalue weighted by atomic mass is 10.1. The highest BCUT2D eigenvalue weighted by molar-refractivity contribution is 5.90. The molecule has 0 aliphatic carbocycles. The van der Waals surface area contributed by atoms with E-state index >= 15 is 0 Å². The van der Waals surface area contributed by atoms with Crippen molar-refractivity contribution in [1.29, 1.82) is 0 Å². The van der Waals surface area contributed by atoms with Crippen LogP contribution >= 0.6 is 0 Å². The zero-order chi connectivity index (χ0) is 25.5. The summed E-state index contributed by atoms with van der Waals surface area (Å²) in [4.78, 5) is 38.8. The summed E-state index contributed by atoms with van der Waals surface area (Å²) in [6.07, 6.45) is -0.721. The number of carboxylic acids is 1. The van der Waals surface area contributed by atoms with E-state index in [0.717, 1.165) is 0 Å². The molecule has 184 valence electrons. The predicted molar refractivity (Wildman–Crippen MR) is 126 cm³/mol. The minimum atomic E-state index is -1.09. The Morgan fingerprint density at radius 1 is 1.00 bits per heavy atom. The van der Waals surface area contributed by atoms with E-state index in [4.69, 9.17) is 14.2 Å². The number of nitrogens with one attached hydrogen (secondary N) is 1. The van der Waals surface area contributed by atoms with E-state index in [1.54, 1.807) is 64.1 Å². The van der Waals surface area contributed by atoms with Crippen molar-refractivity contribution in [2.24, 2.45) is 0 Å². The number of hydrogen-bond donors (Lipinski definition) is 2. The third-order valence-corrected chi connectivity index (χ3v) is 4.88. The predicted octanol–water partition coefficient (Wildman–Crippen LogP) is 3.84. The summed E-state index contributed by atoms with van der Waals surface area (Å²) in [6, 6.07) is 10.8. The monoisotopic (exact) mass is 472 g/mol. The van der Waals surface area contributed by atoms with Crippen LogP contribution in [-0.2, 0) is 22.6 Å². The molecule has 9 nitrogen and oxygen atoms in total. The first kappa shape index (κ1) is 26.5. The maximum atomic E-state index is 13.4. The van der Waals surface area contributed by atoms with E-state index in [1.807, 2.05) is 0 Å². The van der Waals surface area contributed by atoms with Crippen LogP contribution in [0.25, 0.3) is 0 Å². The summed E-state index contributed by atoms with van der Waals surface area (Å²) in [6.45, 7) is 6.85. The molecule has 34 heavy (non-hydrogen) atoms. The van der Waals surface area contributed by atoms with Crippen molar-refractivity contribution in [3.63, 3.8) is 0 Å². The second-order valence-corrected chi connectivity index (χ2v) is 8.70. The Kier molecular flexibility index (Phi) is 8.89. The molecular weight excluding hydrogens is 440 g/mol. The lowest BCUT2D eigenvalue weighted by molar-refractivity contribution is -0.134. The second kappa shape index (κ2) is 11.4. The summed E-state index contributed by atoms with van der Waals surface area (Å²) in [5, 5.41) is 12.1. The maximum absolute atomic E-state index is 13.4. The molecule has 0 heterocycles. The Morgan fingerprint density at radius 2 is 1.65 bits per heavy atom. The molecule has 0 bridgehead atoms. The zero-order valence-electron chi connectivity index (χ0n) is 20.4. The van der Waals surface area contributed by atoms with Gasteiger partial charge in [0.15, 0.2) is 0 Å². The number of rotatable bonds is 9. The Morgan fingerprint density at radius 3 is 2.24 bits per heavy atom. The third kappa shape index (κ3) is 7.40. The molecule has 0 saturated carbocycles. The average Bonchev–Trinajstić information content (AvgIpc) is 2.77. The highest BCUT2D eigenvalue weighted by Gasteiger charge is 2.27. The van der Waals surface area contributed by atoms with Gasteiger partial charge in [-0.25, -0.2) is 9.59 Å². The Bertz CT molecular complexity index is 1030. The Hall–Kier alpha value is -3.75. The lowest BCUT2D eigenvalue weighted by Crippen LogP contribution is -2.47. The molecule has 0 fully saturated rings. The Labute approximate surface area is 199 Å². The van der Waals surface area contributed by atoms with E-state index < -0.39 is 29.6 Å². The first-order valence-corrected chi connectivity index (χ1v) is 10.8. The molecule has 2 aromatic rings. The fourth-order valence-corrected chi connectivity index (χ4v) is 3.29. The number of carboxylic acid groups (broad SMARTS) is 1. The van der Waals surface area contributed by atoms with Crippen LogP contribution in [0.4, 0.5) is 4.79 Å². The van der Waals surface area contributed by atoms with Crippen LogP contribution in [-0.4, -0.2) is 53.8 Å². The fraction of sp³-hybridized carbons (Fsp3) is 0.400. The molecule has 2 aromatic carbocycles. The van der Waals surface area contributed by atoms with Gasteiger partial charge in [0, 0.05) is 24.7 Å². The number of ether oxygens (including phenoxy) is 3. The van der Waals surface area contributed by atoms with Gasteiger partial charge in [0.05, 0.1) is 19.8 Å². The van der Waals surface area contributed by atoms with Crippen LogP contribution < -0.4 is 14.8 Å². The van der Waals surface area contributed by atoms with E-state index in [1.165, 1.54) is 25.2 Å². The summed E-state index contributed by atoms with van der Waals surface area (Å²) in [7, 11) is 3.05. The van der Waals surface area contributed by atoms with Crippen molar-refractivity contribution in [3.05, 3.63) is 59.2 Å². The molecule has 2 rings (SSSR count). The van der Waals surface area contributed by atoms with Crippen LogP contribution in [0.1, 0.15) is 49.2 Å². The topological polar surface area (TPSA) is 114 Å². The molecule has 0 aliphatic rings. The summed E-state index contributed by atoms with van der Waals surface area (Å²) < 4.78 is 16.0. The van der Waals surface area contributed by atoms with Crippen LogP contribution in [0.15, 0.2) is 42.5 Å². The van der Waals surface area contributed by atoms with Crippen molar-refractivity contribution in [2.45, 2.75) is 52.4 Å². The molecule has 0 unspecified atom stereocenters.